The number of H-pyrrole nitrogens is 1. The summed E-state index contributed by atoms with van der Waals surface area (Å²) in [6, 6.07) is 5.97. The zero-order valence-electron chi connectivity index (χ0n) is 12.0. The summed E-state index contributed by atoms with van der Waals surface area (Å²) in [5, 5.41) is 5.52. The molecule has 1 aromatic heterocycles. The molecule has 104 valence electrons. The Morgan fingerprint density at radius 3 is 2.74 bits per heavy atom. The normalized spacial score (nSPS) is 12.5. The van der Waals surface area contributed by atoms with Gasteiger partial charge in [-0.3, -0.25) is 0 Å². The Kier molecular flexibility index (Phi) is 4.19. The number of hydrogen-bond acceptors (Lipinski definition) is 2. The van der Waals surface area contributed by atoms with Crippen LogP contribution in [0.3, 0.4) is 0 Å². The number of benzene rings is 1. The summed E-state index contributed by atoms with van der Waals surface area (Å²) in [6.45, 7) is 6.27. The van der Waals surface area contributed by atoms with Crippen molar-refractivity contribution in [3.05, 3.63) is 35.0 Å². The smallest absolute Gasteiger partial charge is 0.0472 e. The first-order valence-electron chi connectivity index (χ1n) is 6.54. The standard InChI is InChI=1S/C15H22ClN3/c1-15(2,19(3)4)10-17-8-11-9-18-14-7-12(16)5-6-13(11)14/h5-7,9,17-18H,8,10H2,1-4H3. The van der Waals surface area contributed by atoms with E-state index in [-0.39, 0.29) is 5.54 Å². The van der Waals surface area contributed by atoms with E-state index in [1.54, 1.807) is 0 Å². The minimum atomic E-state index is 0.148. The van der Waals surface area contributed by atoms with Gasteiger partial charge in [0.2, 0.25) is 0 Å². The van der Waals surface area contributed by atoms with Crippen LogP contribution in [0.1, 0.15) is 19.4 Å². The lowest BCUT2D eigenvalue weighted by Gasteiger charge is -2.32. The second-order valence-corrected chi connectivity index (χ2v) is 6.25. The van der Waals surface area contributed by atoms with Crippen molar-refractivity contribution in [2.75, 3.05) is 20.6 Å². The Morgan fingerprint density at radius 2 is 2.05 bits per heavy atom. The molecule has 1 aromatic carbocycles. The van der Waals surface area contributed by atoms with Crippen molar-refractivity contribution in [1.82, 2.24) is 15.2 Å². The van der Waals surface area contributed by atoms with E-state index in [1.807, 2.05) is 12.1 Å². The van der Waals surface area contributed by atoms with E-state index >= 15 is 0 Å². The summed E-state index contributed by atoms with van der Waals surface area (Å²) in [6.07, 6.45) is 2.05. The molecule has 0 aliphatic heterocycles. The number of aromatic amines is 1. The summed E-state index contributed by atoms with van der Waals surface area (Å²) in [4.78, 5) is 5.50. The van der Waals surface area contributed by atoms with Gasteiger partial charge in [-0.15, -0.1) is 0 Å². The Morgan fingerprint density at radius 1 is 1.32 bits per heavy atom. The van der Waals surface area contributed by atoms with E-state index in [4.69, 9.17) is 11.6 Å². The monoisotopic (exact) mass is 279 g/mol. The van der Waals surface area contributed by atoms with E-state index in [0.29, 0.717) is 0 Å². The second kappa shape index (κ2) is 5.53. The first kappa shape index (κ1) is 14.4. The lowest BCUT2D eigenvalue weighted by atomic mass is 10.0. The number of aromatic nitrogens is 1. The number of halogens is 1. The molecule has 1 heterocycles. The van der Waals surface area contributed by atoms with Crippen LogP contribution in [-0.2, 0) is 6.54 Å². The summed E-state index contributed by atoms with van der Waals surface area (Å²) in [5.41, 5.74) is 2.52. The molecule has 0 saturated heterocycles. The number of rotatable bonds is 5. The van der Waals surface area contributed by atoms with E-state index < -0.39 is 0 Å². The van der Waals surface area contributed by atoms with Crippen molar-refractivity contribution < 1.29 is 0 Å². The van der Waals surface area contributed by atoms with Gasteiger partial charge < -0.3 is 15.2 Å². The highest BCUT2D eigenvalue weighted by Crippen LogP contribution is 2.22. The van der Waals surface area contributed by atoms with Gasteiger partial charge in [0.1, 0.15) is 0 Å². The number of hydrogen-bond donors (Lipinski definition) is 2. The minimum Gasteiger partial charge on any atom is -0.361 e. The fraction of sp³-hybridized carbons (Fsp3) is 0.467. The Bertz CT molecular complexity index is 558. The van der Waals surface area contributed by atoms with E-state index in [9.17, 15) is 0 Å². The molecule has 4 heteroatoms. The Hall–Kier alpha value is -1.03. The van der Waals surface area contributed by atoms with Crippen molar-refractivity contribution >= 4 is 22.5 Å². The van der Waals surface area contributed by atoms with Crippen LogP contribution in [0.15, 0.2) is 24.4 Å². The van der Waals surface area contributed by atoms with Gasteiger partial charge in [-0.25, -0.2) is 0 Å². The first-order chi connectivity index (χ1) is 8.90. The highest BCUT2D eigenvalue weighted by atomic mass is 35.5. The van der Waals surface area contributed by atoms with Gasteiger partial charge in [0, 0.05) is 40.8 Å². The second-order valence-electron chi connectivity index (χ2n) is 5.81. The highest BCUT2D eigenvalue weighted by Gasteiger charge is 2.19. The van der Waals surface area contributed by atoms with Gasteiger partial charge in [-0.2, -0.15) is 0 Å². The van der Waals surface area contributed by atoms with Crippen LogP contribution in [0, 0.1) is 0 Å². The van der Waals surface area contributed by atoms with E-state index in [2.05, 4.69) is 55.4 Å². The predicted octanol–water partition coefficient (Wildman–Crippen LogP) is 3.25. The molecule has 0 saturated carbocycles. The third-order valence-electron chi connectivity index (χ3n) is 3.81. The molecular weight excluding hydrogens is 258 g/mol. The van der Waals surface area contributed by atoms with Gasteiger partial charge in [-0.05, 0) is 45.6 Å². The maximum atomic E-state index is 5.99. The van der Waals surface area contributed by atoms with Gasteiger partial charge in [0.25, 0.3) is 0 Å². The van der Waals surface area contributed by atoms with Crippen LogP contribution < -0.4 is 5.32 Å². The van der Waals surface area contributed by atoms with Crippen LogP contribution >= 0.6 is 11.6 Å². The summed E-state index contributed by atoms with van der Waals surface area (Å²) in [5.74, 6) is 0. The quantitative estimate of drug-likeness (QED) is 0.880. The molecule has 2 N–H and O–H groups in total. The molecule has 0 amide bonds. The summed E-state index contributed by atoms with van der Waals surface area (Å²) >= 11 is 5.99. The van der Waals surface area contributed by atoms with Crippen molar-refractivity contribution in [2.45, 2.75) is 25.9 Å². The van der Waals surface area contributed by atoms with Crippen molar-refractivity contribution in [2.24, 2.45) is 0 Å². The molecule has 3 nitrogen and oxygen atoms in total. The van der Waals surface area contributed by atoms with Crippen LogP contribution in [0.2, 0.25) is 5.02 Å². The first-order valence-corrected chi connectivity index (χ1v) is 6.91. The molecule has 2 rings (SSSR count). The highest BCUT2D eigenvalue weighted by molar-refractivity contribution is 6.31. The fourth-order valence-electron chi connectivity index (χ4n) is 1.97. The van der Waals surface area contributed by atoms with Gasteiger partial charge in [0.15, 0.2) is 0 Å². The van der Waals surface area contributed by atoms with E-state index in [0.717, 1.165) is 23.6 Å². The maximum absolute atomic E-state index is 5.99. The topological polar surface area (TPSA) is 31.1 Å². The third kappa shape index (κ3) is 3.30. The largest absolute Gasteiger partial charge is 0.361 e. The molecular formula is C15H22ClN3. The van der Waals surface area contributed by atoms with Gasteiger partial charge in [-0.1, -0.05) is 17.7 Å². The van der Waals surface area contributed by atoms with Crippen molar-refractivity contribution in [3.8, 4) is 0 Å². The molecule has 0 radical (unpaired) electrons. The zero-order valence-corrected chi connectivity index (χ0v) is 12.8. The molecule has 0 aliphatic carbocycles. The average molecular weight is 280 g/mol. The minimum absolute atomic E-state index is 0.148. The molecule has 0 bridgehead atoms. The van der Waals surface area contributed by atoms with Crippen LogP contribution in [0.4, 0.5) is 0 Å². The molecule has 0 fully saturated rings. The number of likely N-dealkylation sites (N-methyl/N-ethyl adjacent to an activating group) is 1. The number of fused-ring (bicyclic) bond motifs is 1. The SMILES string of the molecule is CN(C)C(C)(C)CNCc1c[nH]c2cc(Cl)ccc12. The van der Waals surface area contributed by atoms with Crippen LogP contribution in [-0.4, -0.2) is 36.1 Å². The van der Waals surface area contributed by atoms with Crippen LogP contribution in [0.5, 0.6) is 0 Å². The third-order valence-corrected chi connectivity index (χ3v) is 4.05. The number of nitrogens with one attached hydrogen (secondary N) is 2. The van der Waals surface area contributed by atoms with E-state index in [1.165, 1.54) is 10.9 Å². The average Bonchev–Trinajstić information content (AvgIpc) is 2.71. The Balaban J connectivity index is 2.03. The summed E-state index contributed by atoms with van der Waals surface area (Å²) in [7, 11) is 4.21. The van der Waals surface area contributed by atoms with Gasteiger partial charge >= 0.3 is 0 Å². The lowest BCUT2D eigenvalue weighted by molar-refractivity contribution is 0.190. The summed E-state index contributed by atoms with van der Waals surface area (Å²) < 4.78 is 0. The molecule has 2 aromatic rings. The fourth-order valence-corrected chi connectivity index (χ4v) is 2.14. The maximum Gasteiger partial charge on any atom is 0.0472 e. The van der Waals surface area contributed by atoms with Crippen LogP contribution in [0.25, 0.3) is 10.9 Å². The molecule has 0 atom stereocenters. The molecule has 19 heavy (non-hydrogen) atoms. The van der Waals surface area contributed by atoms with Crippen molar-refractivity contribution in [1.29, 1.82) is 0 Å². The zero-order chi connectivity index (χ0) is 14.0. The van der Waals surface area contributed by atoms with Crippen molar-refractivity contribution in [3.63, 3.8) is 0 Å². The lowest BCUT2D eigenvalue weighted by Crippen LogP contribution is -2.46. The molecule has 0 unspecified atom stereocenters. The number of nitrogens with zero attached hydrogens (tertiary/aromatic N) is 1. The Labute approximate surface area is 119 Å². The molecule has 0 spiro atoms. The predicted molar refractivity (Wildman–Crippen MR) is 82.8 cm³/mol. The van der Waals surface area contributed by atoms with Gasteiger partial charge in [0.05, 0.1) is 0 Å². The molecule has 0 aliphatic rings.